The molecular formula is C14H10ClF4N3O3. The first-order valence-corrected chi connectivity index (χ1v) is 7.11. The topological polar surface area (TPSA) is 76.5 Å². The highest BCUT2D eigenvalue weighted by Crippen LogP contribution is 2.26. The number of H-pyrrole nitrogens is 1. The molecular weight excluding hydrogens is 370 g/mol. The minimum atomic E-state index is -4.93. The Balaban J connectivity index is 2.65. The zero-order valence-electron chi connectivity index (χ0n) is 12.5. The lowest BCUT2D eigenvalue weighted by molar-refractivity contribution is -0.141. The number of aromatic nitrogens is 2. The summed E-state index contributed by atoms with van der Waals surface area (Å²) in [7, 11) is 0. The first kappa shape index (κ1) is 18.7. The third-order valence-electron chi connectivity index (χ3n) is 2.94. The summed E-state index contributed by atoms with van der Waals surface area (Å²) in [6.07, 6.45) is -3.82. The first-order valence-electron chi connectivity index (χ1n) is 6.73. The zero-order chi connectivity index (χ0) is 18.8. The van der Waals surface area contributed by atoms with E-state index in [1.807, 2.05) is 0 Å². The third-order valence-corrected chi connectivity index (χ3v) is 3.27. The Labute approximate surface area is 142 Å². The van der Waals surface area contributed by atoms with E-state index in [0.29, 0.717) is 0 Å². The van der Waals surface area contributed by atoms with E-state index < -0.39 is 34.6 Å². The molecule has 0 bridgehead atoms. The lowest BCUT2D eigenvalue weighted by Crippen LogP contribution is -2.36. The van der Waals surface area contributed by atoms with E-state index in [-0.39, 0.29) is 27.8 Å². The number of rotatable bonds is 4. The van der Waals surface area contributed by atoms with Crippen LogP contribution < -0.4 is 11.2 Å². The highest BCUT2D eigenvalue weighted by Gasteiger charge is 2.33. The fourth-order valence-electron chi connectivity index (χ4n) is 1.87. The fourth-order valence-corrected chi connectivity index (χ4v) is 2.07. The Bertz CT molecular complexity index is 903. The van der Waals surface area contributed by atoms with Crippen LogP contribution in [-0.4, -0.2) is 22.4 Å². The van der Waals surface area contributed by atoms with Gasteiger partial charge in [-0.2, -0.15) is 13.2 Å². The number of oxime groups is 1. The van der Waals surface area contributed by atoms with Crippen molar-refractivity contribution in [3.05, 3.63) is 61.1 Å². The van der Waals surface area contributed by atoms with Crippen LogP contribution in [0.4, 0.5) is 17.6 Å². The van der Waals surface area contributed by atoms with Crippen molar-refractivity contribution in [2.45, 2.75) is 13.1 Å². The number of benzene rings is 1. The van der Waals surface area contributed by atoms with Crippen molar-refractivity contribution in [2.75, 3.05) is 6.61 Å². The number of hydrogen-bond donors (Lipinski definition) is 1. The molecule has 1 aromatic carbocycles. The van der Waals surface area contributed by atoms with Crippen molar-refractivity contribution < 1.29 is 22.4 Å². The smallest absolute Gasteiger partial charge is 0.396 e. The average Bonchev–Trinajstić information content (AvgIpc) is 2.49. The van der Waals surface area contributed by atoms with Crippen LogP contribution in [0.15, 0.2) is 32.9 Å². The predicted octanol–water partition coefficient (Wildman–Crippen LogP) is 2.71. The normalized spacial score (nSPS) is 11.9. The lowest BCUT2D eigenvalue weighted by atomic mass is 10.2. The summed E-state index contributed by atoms with van der Waals surface area (Å²) in [4.78, 5) is 30.0. The molecule has 1 N–H and O–H groups in total. The van der Waals surface area contributed by atoms with Crippen LogP contribution in [0.3, 0.4) is 0 Å². The van der Waals surface area contributed by atoms with Crippen LogP contribution in [-0.2, 0) is 11.0 Å². The van der Waals surface area contributed by atoms with Crippen molar-refractivity contribution in [1.29, 1.82) is 0 Å². The standard InChI is InChI=1S/C14H10ClF4N3O3/c1-2-25-20-6-7-3-10(9(16)4-8(7)15)22-12(23)5-11(14(17,18)19)21-13(22)24/h3-6H,2H2,1H3,(H,21,24)/b20-6+. The lowest BCUT2D eigenvalue weighted by Gasteiger charge is -2.10. The second kappa shape index (κ2) is 7.09. The van der Waals surface area contributed by atoms with Crippen LogP contribution >= 0.6 is 11.6 Å². The van der Waals surface area contributed by atoms with Crippen molar-refractivity contribution >= 4 is 17.8 Å². The van der Waals surface area contributed by atoms with E-state index in [9.17, 15) is 27.2 Å². The summed E-state index contributed by atoms with van der Waals surface area (Å²) >= 11 is 5.82. The van der Waals surface area contributed by atoms with Crippen molar-refractivity contribution in [1.82, 2.24) is 9.55 Å². The molecule has 25 heavy (non-hydrogen) atoms. The molecule has 0 aliphatic heterocycles. The highest BCUT2D eigenvalue weighted by molar-refractivity contribution is 6.33. The van der Waals surface area contributed by atoms with E-state index in [4.69, 9.17) is 16.4 Å². The fraction of sp³-hybridized carbons (Fsp3) is 0.214. The quantitative estimate of drug-likeness (QED) is 0.504. The molecule has 1 aromatic heterocycles. The molecule has 0 amide bonds. The van der Waals surface area contributed by atoms with E-state index >= 15 is 0 Å². The maximum atomic E-state index is 14.1. The van der Waals surface area contributed by atoms with Gasteiger partial charge in [-0.15, -0.1) is 0 Å². The molecule has 0 aliphatic carbocycles. The largest absolute Gasteiger partial charge is 0.431 e. The number of halogens is 5. The van der Waals surface area contributed by atoms with E-state index in [0.717, 1.165) is 18.3 Å². The number of nitrogens with one attached hydrogen (secondary N) is 1. The molecule has 0 saturated carbocycles. The number of alkyl halides is 3. The molecule has 0 atom stereocenters. The first-order chi connectivity index (χ1) is 11.6. The van der Waals surface area contributed by atoms with Gasteiger partial charge < -0.3 is 9.82 Å². The van der Waals surface area contributed by atoms with Crippen LogP contribution in [0.25, 0.3) is 5.69 Å². The molecule has 11 heteroatoms. The summed E-state index contributed by atoms with van der Waals surface area (Å²) in [6, 6.07) is 1.95. The average molecular weight is 380 g/mol. The Hall–Kier alpha value is -2.62. The van der Waals surface area contributed by atoms with E-state index in [1.54, 1.807) is 6.92 Å². The molecule has 134 valence electrons. The summed E-state index contributed by atoms with van der Waals surface area (Å²) in [5, 5.41) is 3.43. The van der Waals surface area contributed by atoms with Gasteiger partial charge in [-0.3, -0.25) is 4.79 Å². The van der Waals surface area contributed by atoms with Crippen LogP contribution in [0, 0.1) is 5.82 Å². The monoisotopic (exact) mass is 379 g/mol. The molecule has 0 saturated heterocycles. The maximum absolute atomic E-state index is 14.1. The maximum Gasteiger partial charge on any atom is 0.431 e. The Kier molecular flexibility index (Phi) is 5.31. The third kappa shape index (κ3) is 4.08. The number of hydrogen-bond acceptors (Lipinski definition) is 4. The second-order valence-corrected chi connectivity index (χ2v) is 5.04. The molecule has 6 nitrogen and oxygen atoms in total. The van der Waals surface area contributed by atoms with Crippen molar-refractivity contribution in [3.63, 3.8) is 0 Å². The van der Waals surface area contributed by atoms with Gasteiger partial charge in [-0.25, -0.2) is 13.8 Å². The van der Waals surface area contributed by atoms with Gasteiger partial charge in [0.1, 0.15) is 18.1 Å². The van der Waals surface area contributed by atoms with Crippen molar-refractivity contribution in [2.24, 2.45) is 5.16 Å². The molecule has 0 spiro atoms. The summed E-state index contributed by atoms with van der Waals surface area (Å²) < 4.78 is 52.2. The van der Waals surface area contributed by atoms with E-state index in [2.05, 4.69) is 5.16 Å². The Morgan fingerprint density at radius 3 is 2.56 bits per heavy atom. The molecule has 0 unspecified atom stereocenters. The molecule has 2 aromatic rings. The molecule has 0 radical (unpaired) electrons. The molecule has 2 rings (SSSR count). The summed E-state index contributed by atoms with van der Waals surface area (Å²) in [5.74, 6) is -1.08. The molecule has 0 aliphatic rings. The van der Waals surface area contributed by atoms with Gasteiger partial charge in [-0.05, 0) is 19.1 Å². The van der Waals surface area contributed by atoms with Crippen molar-refractivity contribution in [3.8, 4) is 5.69 Å². The number of aromatic amines is 1. The van der Waals surface area contributed by atoms with Gasteiger partial charge in [0.25, 0.3) is 5.56 Å². The predicted molar refractivity (Wildman–Crippen MR) is 81.8 cm³/mol. The van der Waals surface area contributed by atoms with Gasteiger partial charge in [0.2, 0.25) is 0 Å². The molecule has 1 heterocycles. The van der Waals surface area contributed by atoms with Crippen LogP contribution in [0.5, 0.6) is 0 Å². The Morgan fingerprint density at radius 1 is 1.32 bits per heavy atom. The molecule has 0 fully saturated rings. The van der Waals surface area contributed by atoms with Crippen LogP contribution in [0.2, 0.25) is 5.02 Å². The zero-order valence-corrected chi connectivity index (χ0v) is 13.3. The minimum Gasteiger partial charge on any atom is -0.396 e. The van der Waals surface area contributed by atoms with Crippen LogP contribution in [0.1, 0.15) is 18.2 Å². The summed E-state index contributed by atoms with van der Waals surface area (Å²) in [6.45, 7) is 1.91. The highest BCUT2D eigenvalue weighted by atomic mass is 35.5. The van der Waals surface area contributed by atoms with Gasteiger partial charge in [0, 0.05) is 11.6 Å². The van der Waals surface area contributed by atoms with E-state index in [1.165, 1.54) is 4.98 Å². The minimum absolute atomic E-state index is 0.0951. The second-order valence-electron chi connectivity index (χ2n) is 4.64. The van der Waals surface area contributed by atoms with Gasteiger partial charge in [0.05, 0.1) is 16.9 Å². The number of nitrogens with zero attached hydrogens (tertiary/aromatic N) is 2. The van der Waals surface area contributed by atoms with Gasteiger partial charge in [-0.1, -0.05) is 16.8 Å². The van der Waals surface area contributed by atoms with Gasteiger partial charge >= 0.3 is 11.9 Å². The van der Waals surface area contributed by atoms with Gasteiger partial charge in [0.15, 0.2) is 0 Å². The Morgan fingerprint density at radius 2 is 2.00 bits per heavy atom. The summed E-state index contributed by atoms with van der Waals surface area (Å²) in [5.41, 5.74) is -4.83. The SMILES string of the molecule is CCO/N=C/c1cc(-n2c(=O)cc(C(F)(F)F)[nH]c2=O)c(F)cc1Cl.